The van der Waals surface area contributed by atoms with Crippen LogP contribution in [-0.2, 0) is 11.5 Å². The summed E-state index contributed by atoms with van der Waals surface area (Å²) in [5, 5.41) is 12.3. The van der Waals surface area contributed by atoms with Crippen LogP contribution in [0.25, 0.3) is 11.0 Å². The molecular weight excluding hydrogens is 331 g/mol. The van der Waals surface area contributed by atoms with E-state index < -0.39 is 28.6 Å². The Labute approximate surface area is 140 Å². The number of anilines is 1. The Kier molecular flexibility index (Phi) is 4.48. The summed E-state index contributed by atoms with van der Waals surface area (Å²) in [4.78, 5) is 31.5. The minimum Gasteiger partial charge on any atom is -0.507 e. The highest BCUT2D eigenvalue weighted by atomic mass is 19.1. The summed E-state index contributed by atoms with van der Waals surface area (Å²) in [7, 11) is 0. The molecule has 130 valence electrons. The second kappa shape index (κ2) is 6.73. The lowest BCUT2D eigenvalue weighted by Gasteiger charge is -2.09. The fraction of sp³-hybridized carbons (Fsp3) is 0.188. The molecule has 0 atom stereocenters. The number of carbonyl (C=O) groups is 1. The van der Waals surface area contributed by atoms with E-state index in [1.165, 1.54) is 30.5 Å². The third-order valence-corrected chi connectivity index (χ3v) is 3.48. The molecule has 2 heterocycles. The minimum absolute atomic E-state index is 0.0320. The first-order chi connectivity index (χ1) is 12.0. The van der Waals surface area contributed by atoms with Crippen molar-refractivity contribution >= 4 is 22.9 Å². The molecule has 8 nitrogen and oxygen atoms in total. The Bertz CT molecular complexity index is 995. The van der Waals surface area contributed by atoms with E-state index in [9.17, 15) is 19.1 Å². The summed E-state index contributed by atoms with van der Waals surface area (Å²) >= 11 is 0. The van der Waals surface area contributed by atoms with Gasteiger partial charge in [0.25, 0.3) is 11.5 Å². The lowest BCUT2D eigenvalue weighted by molar-refractivity contribution is 0.0845. The number of halogens is 1. The van der Waals surface area contributed by atoms with Crippen LogP contribution in [0, 0.1) is 5.82 Å². The number of hydrogen-bond donors (Lipinski definition) is 3. The number of hydrogen-bond acceptors (Lipinski definition) is 5. The van der Waals surface area contributed by atoms with E-state index >= 15 is 0 Å². The Balaban J connectivity index is 1.90. The fourth-order valence-electron chi connectivity index (χ4n) is 2.28. The van der Waals surface area contributed by atoms with E-state index in [1.54, 1.807) is 6.92 Å². The van der Waals surface area contributed by atoms with Crippen LogP contribution in [0.2, 0.25) is 0 Å². The second-order valence-electron chi connectivity index (χ2n) is 5.17. The second-order valence-corrected chi connectivity index (χ2v) is 5.17. The van der Waals surface area contributed by atoms with E-state index in [1.807, 2.05) is 0 Å². The number of ether oxygens (including phenoxy) is 1. The van der Waals surface area contributed by atoms with Gasteiger partial charge in [0.1, 0.15) is 23.9 Å². The van der Waals surface area contributed by atoms with E-state index in [4.69, 9.17) is 4.74 Å². The van der Waals surface area contributed by atoms with Gasteiger partial charge in [0.2, 0.25) is 5.95 Å². The third kappa shape index (κ3) is 3.36. The molecule has 0 aliphatic rings. The topological polar surface area (TPSA) is 109 Å². The summed E-state index contributed by atoms with van der Waals surface area (Å²) < 4.78 is 19.5. The number of amides is 1. The maximum Gasteiger partial charge on any atom is 0.269 e. The molecule has 0 saturated carbocycles. The van der Waals surface area contributed by atoms with Gasteiger partial charge in [-0.3, -0.25) is 19.5 Å². The van der Waals surface area contributed by atoms with Crippen LogP contribution in [-0.4, -0.2) is 32.2 Å². The van der Waals surface area contributed by atoms with Crippen LogP contribution >= 0.6 is 0 Å². The number of aromatic nitrogens is 3. The lowest BCUT2D eigenvalue weighted by Crippen LogP contribution is -2.29. The van der Waals surface area contributed by atoms with Crippen molar-refractivity contribution in [3.8, 4) is 5.75 Å². The van der Waals surface area contributed by atoms with Crippen LogP contribution < -0.4 is 10.9 Å². The van der Waals surface area contributed by atoms with Crippen molar-refractivity contribution in [2.24, 2.45) is 0 Å². The van der Waals surface area contributed by atoms with Crippen molar-refractivity contribution in [1.29, 1.82) is 0 Å². The molecule has 0 saturated heterocycles. The van der Waals surface area contributed by atoms with Crippen molar-refractivity contribution in [1.82, 2.24) is 14.5 Å². The van der Waals surface area contributed by atoms with Gasteiger partial charge in [-0.25, -0.2) is 9.37 Å². The third-order valence-electron chi connectivity index (χ3n) is 3.48. The molecule has 0 unspecified atom stereocenters. The lowest BCUT2D eigenvalue weighted by atomic mass is 10.2. The molecule has 0 aliphatic heterocycles. The zero-order valence-electron chi connectivity index (χ0n) is 13.2. The molecular formula is C16H15FN4O4. The Morgan fingerprint density at radius 3 is 3.00 bits per heavy atom. The minimum atomic E-state index is -0.840. The quantitative estimate of drug-likeness (QED) is 0.653. The van der Waals surface area contributed by atoms with Crippen LogP contribution in [0.4, 0.5) is 10.3 Å². The van der Waals surface area contributed by atoms with Gasteiger partial charge in [0, 0.05) is 12.8 Å². The Morgan fingerprint density at radius 1 is 1.44 bits per heavy atom. The van der Waals surface area contributed by atoms with Gasteiger partial charge in [-0.2, -0.15) is 0 Å². The SMILES string of the molecule is CCOCn1ccc(O)c(C(=O)Nc2nc3ccc(F)cc3[nH]2)c1=O. The molecule has 3 rings (SSSR count). The normalized spacial score (nSPS) is 11.0. The van der Waals surface area contributed by atoms with E-state index in [0.29, 0.717) is 17.6 Å². The summed E-state index contributed by atoms with van der Waals surface area (Å²) in [6.07, 6.45) is 1.33. The standard InChI is InChI=1S/C16H15FN4O4/c1-2-25-8-21-6-5-12(22)13(15(21)24)14(23)20-16-18-10-4-3-9(17)7-11(10)19-16/h3-7,22H,2,8H2,1H3,(H2,18,19,20,23). The molecule has 0 radical (unpaired) electrons. The van der Waals surface area contributed by atoms with Gasteiger partial charge in [-0.1, -0.05) is 0 Å². The summed E-state index contributed by atoms with van der Waals surface area (Å²) in [6.45, 7) is 2.12. The van der Waals surface area contributed by atoms with Gasteiger partial charge in [-0.05, 0) is 31.2 Å². The maximum atomic E-state index is 13.2. The maximum absolute atomic E-state index is 13.2. The molecule has 1 aromatic carbocycles. The van der Waals surface area contributed by atoms with Crippen LogP contribution in [0.5, 0.6) is 5.75 Å². The first-order valence-corrected chi connectivity index (χ1v) is 7.46. The number of fused-ring (bicyclic) bond motifs is 1. The zero-order valence-corrected chi connectivity index (χ0v) is 13.2. The number of benzene rings is 1. The number of aromatic hydroxyl groups is 1. The predicted octanol–water partition coefficient (Wildman–Crippen LogP) is 1.82. The number of carbonyl (C=O) groups excluding carboxylic acids is 1. The zero-order chi connectivity index (χ0) is 18.0. The van der Waals surface area contributed by atoms with Crippen LogP contribution in [0.15, 0.2) is 35.3 Å². The summed E-state index contributed by atoms with van der Waals surface area (Å²) in [5.74, 6) is -1.72. The largest absolute Gasteiger partial charge is 0.507 e. The number of pyridine rings is 1. The van der Waals surface area contributed by atoms with Crippen molar-refractivity contribution in [3.05, 3.63) is 52.2 Å². The van der Waals surface area contributed by atoms with Crippen molar-refractivity contribution in [3.63, 3.8) is 0 Å². The molecule has 25 heavy (non-hydrogen) atoms. The number of H-pyrrole nitrogens is 1. The Morgan fingerprint density at radius 2 is 2.24 bits per heavy atom. The molecule has 2 aromatic heterocycles. The first kappa shape index (κ1) is 16.7. The van der Waals surface area contributed by atoms with Gasteiger partial charge in [0.15, 0.2) is 0 Å². The molecule has 1 amide bonds. The van der Waals surface area contributed by atoms with E-state index in [-0.39, 0.29) is 12.7 Å². The smallest absolute Gasteiger partial charge is 0.269 e. The van der Waals surface area contributed by atoms with Crippen molar-refractivity contribution in [2.75, 3.05) is 11.9 Å². The number of nitrogens with one attached hydrogen (secondary N) is 2. The molecule has 9 heteroatoms. The molecule has 3 N–H and O–H groups in total. The molecule has 0 fully saturated rings. The predicted molar refractivity (Wildman–Crippen MR) is 88.0 cm³/mol. The molecule has 0 aliphatic carbocycles. The van der Waals surface area contributed by atoms with Gasteiger partial charge < -0.3 is 14.8 Å². The van der Waals surface area contributed by atoms with E-state index in [2.05, 4.69) is 15.3 Å². The highest BCUT2D eigenvalue weighted by Crippen LogP contribution is 2.17. The summed E-state index contributed by atoms with van der Waals surface area (Å²) in [6, 6.07) is 5.15. The van der Waals surface area contributed by atoms with Gasteiger partial charge in [-0.15, -0.1) is 0 Å². The number of rotatable bonds is 5. The molecule has 0 spiro atoms. The van der Waals surface area contributed by atoms with Crippen molar-refractivity contribution < 1.29 is 19.0 Å². The van der Waals surface area contributed by atoms with Gasteiger partial charge >= 0.3 is 0 Å². The Hall–Kier alpha value is -3.20. The average molecular weight is 346 g/mol. The monoisotopic (exact) mass is 346 g/mol. The van der Waals surface area contributed by atoms with Crippen LogP contribution in [0.3, 0.4) is 0 Å². The highest BCUT2D eigenvalue weighted by Gasteiger charge is 2.19. The first-order valence-electron chi connectivity index (χ1n) is 7.46. The summed E-state index contributed by atoms with van der Waals surface area (Å²) in [5.41, 5.74) is -0.300. The molecule has 3 aromatic rings. The fourth-order valence-corrected chi connectivity index (χ4v) is 2.28. The van der Waals surface area contributed by atoms with Crippen LogP contribution in [0.1, 0.15) is 17.3 Å². The number of imidazole rings is 1. The van der Waals surface area contributed by atoms with Crippen molar-refractivity contribution in [2.45, 2.75) is 13.7 Å². The highest BCUT2D eigenvalue weighted by molar-refractivity contribution is 6.05. The van der Waals surface area contributed by atoms with E-state index in [0.717, 1.165) is 4.57 Å². The van der Waals surface area contributed by atoms with Gasteiger partial charge in [0.05, 0.1) is 11.0 Å². The molecule has 0 bridgehead atoms. The number of nitrogens with zero attached hydrogens (tertiary/aromatic N) is 2. The average Bonchev–Trinajstić information content (AvgIpc) is 2.95. The number of aromatic amines is 1.